The second-order valence-corrected chi connectivity index (χ2v) is 18.9. The van der Waals surface area contributed by atoms with Gasteiger partial charge in [0.15, 0.2) is 29.6 Å². The Kier molecular flexibility index (Phi) is 11.0. The Bertz CT molecular complexity index is 2430. The molecule has 1 aliphatic heterocycles. The molecule has 0 radical (unpaired) electrons. The highest BCUT2D eigenvalue weighted by Crippen LogP contribution is 2.70. The van der Waals surface area contributed by atoms with Crippen LogP contribution in [0, 0.1) is 34.4 Å². The maximum Gasteiger partial charge on any atom is 0.413 e. The molecule has 17 heteroatoms. The number of amides is 1. The third-order valence-corrected chi connectivity index (χ3v) is 15.3. The van der Waals surface area contributed by atoms with Gasteiger partial charge >= 0.3 is 18.0 Å². The van der Waals surface area contributed by atoms with Crippen LogP contribution in [-0.2, 0) is 28.6 Å². The summed E-state index contributed by atoms with van der Waals surface area (Å²) in [6.07, 6.45) is 4.29. The molecule has 63 heavy (non-hydrogen) atoms. The Morgan fingerprint density at radius 1 is 1.05 bits per heavy atom. The van der Waals surface area contributed by atoms with Crippen LogP contribution in [-0.4, -0.2) is 112 Å². The van der Waals surface area contributed by atoms with Gasteiger partial charge in [0.2, 0.25) is 17.5 Å². The smallest absolute Gasteiger partial charge is 0.413 e. The Labute approximate surface area is 362 Å². The van der Waals surface area contributed by atoms with Gasteiger partial charge in [-0.2, -0.15) is 0 Å². The number of Topliss-reactive ketones (excluding diaryl/α,β-unsaturated/α-hetero) is 1. The predicted octanol–water partition coefficient (Wildman–Crippen LogP) is 5.11. The lowest BCUT2D eigenvalue weighted by Crippen LogP contribution is -2.69. The van der Waals surface area contributed by atoms with E-state index in [4.69, 9.17) is 18.9 Å². The van der Waals surface area contributed by atoms with Crippen LogP contribution in [0.15, 0.2) is 40.9 Å². The number of halogens is 2. The normalized spacial score (nSPS) is 34.0. The number of anilines is 1. The monoisotopic (exact) mass is 879 g/mol. The standard InChI is InChI=1S/C46H55F2N3O12/c1-23-16-33-32-11-8-27-17-29(53)12-13-43(27,5)45(32,48)35(54)19-44(33,6)46(23,59)36(55)22-61-41(57)31-21-51(28-9-10-28)37-30(39(31)56)18-34(47)38(40(37)60-7)49-14-15-50(24(2)20-49)42(58)63-26(4)62-25(3)52/h12-13,17-18,21,23-24,26,28,32-33,35,54,59H,8-11,14-16,19-20,22H2,1-7H3/t23-,24?,26?,32+,33+,35+,43+,44+,45+,46+/m0/s1. The van der Waals surface area contributed by atoms with E-state index in [-0.39, 0.29) is 66.6 Å². The number of carbonyl (C=O) groups excluding carboxylic acids is 5. The molecule has 1 saturated heterocycles. The van der Waals surface area contributed by atoms with E-state index in [1.807, 2.05) is 0 Å². The first-order valence-corrected chi connectivity index (χ1v) is 21.7. The van der Waals surface area contributed by atoms with E-state index in [0.29, 0.717) is 31.3 Å². The number of fused-ring (bicyclic) bond motifs is 6. The topological polar surface area (TPSA) is 191 Å². The maximum absolute atomic E-state index is 17.7. The number of ether oxygens (including phenoxy) is 4. The van der Waals surface area contributed by atoms with E-state index in [1.54, 1.807) is 37.2 Å². The van der Waals surface area contributed by atoms with Crippen molar-refractivity contribution in [2.75, 3.05) is 38.3 Å². The number of aliphatic hydroxyl groups excluding tert-OH is 1. The first-order chi connectivity index (χ1) is 29.6. The van der Waals surface area contributed by atoms with Crippen LogP contribution in [0.25, 0.3) is 10.9 Å². The molecule has 5 aliphatic carbocycles. The summed E-state index contributed by atoms with van der Waals surface area (Å²) in [5.74, 6) is -5.63. The van der Waals surface area contributed by atoms with Crippen molar-refractivity contribution in [1.29, 1.82) is 0 Å². The van der Waals surface area contributed by atoms with Crippen LogP contribution >= 0.6 is 0 Å². The molecule has 15 nitrogen and oxygen atoms in total. The minimum atomic E-state index is -2.17. The molecule has 1 aromatic heterocycles. The minimum absolute atomic E-state index is 0.0511. The minimum Gasteiger partial charge on any atom is -0.492 e. The number of allylic oxidation sites excluding steroid dienone is 4. The average molecular weight is 880 g/mol. The number of alkyl halides is 1. The highest BCUT2D eigenvalue weighted by Gasteiger charge is 2.75. The molecular weight excluding hydrogens is 825 g/mol. The number of pyridine rings is 1. The van der Waals surface area contributed by atoms with Crippen molar-refractivity contribution in [3.63, 3.8) is 0 Å². The van der Waals surface area contributed by atoms with Crippen molar-refractivity contribution in [1.82, 2.24) is 9.47 Å². The van der Waals surface area contributed by atoms with Gasteiger partial charge in [-0.1, -0.05) is 25.5 Å². The van der Waals surface area contributed by atoms with Gasteiger partial charge < -0.3 is 43.5 Å². The number of esters is 2. The summed E-state index contributed by atoms with van der Waals surface area (Å²) in [5.41, 5.74) is -7.27. The zero-order valence-corrected chi connectivity index (χ0v) is 36.6. The summed E-state index contributed by atoms with van der Waals surface area (Å²) in [4.78, 5) is 81.8. The number of aromatic nitrogens is 1. The van der Waals surface area contributed by atoms with E-state index in [2.05, 4.69) is 0 Å². The van der Waals surface area contributed by atoms with Gasteiger partial charge in [-0.05, 0) is 82.4 Å². The number of nitrogens with zero attached hydrogens (tertiary/aromatic N) is 3. The molecule has 340 valence electrons. The van der Waals surface area contributed by atoms with Gasteiger partial charge in [-0.25, -0.2) is 18.4 Å². The molecule has 2 heterocycles. The quantitative estimate of drug-likeness (QED) is 0.250. The number of hydrogen-bond donors (Lipinski definition) is 2. The van der Waals surface area contributed by atoms with E-state index < -0.39 is 106 Å². The second-order valence-electron chi connectivity index (χ2n) is 18.9. The summed E-state index contributed by atoms with van der Waals surface area (Å²) in [6.45, 7) is 8.91. The Hall–Kier alpha value is -5.16. The average Bonchev–Trinajstić information content (AvgIpc) is 4.04. The van der Waals surface area contributed by atoms with Crippen molar-refractivity contribution in [3.05, 3.63) is 57.7 Å². The second kappa shape index (κ2) is 15.5. The molecule has 1 amide bonds. The third-order valence-electron chi connectivity index (χ3n) is 15.3. The molecule has 1 aromatic carbocycles. The zero-order chi connectivity index (χ0) is 45.7. The van der Waals surface area contributed by atoms with Crippen molar-refractivity contribution < 1.29 is 61.9 Å². The largest absolute Gasteiger partial charge is 0.492 e. The van der Waals surface area contributed by atoms with E-state index in [0.717, 1.165) is 6.07 Å². The summed E-state index contributed by atoms with van der Waals surface area (Å²) in [5, 5.41) is 24.0. The fourth-order valence-electron chi connectivity index (χ4n) is 12.1. The van der Waals surface area contributed by atoms with Gasteiger partial charge in [0.05, 0.1) is 24.1 Å². The van der Waals surface area contributed by atoms with Gasteiger partial charge in [-0.3, -0.25) is 19.2 Å². The number of ketones is 2. The predicted molar refractivity (Wildman–Crippen MR) is 222 cm³/mol. The van der Waals surface area contributed by atoms with Crippen LogP contribution in [0.5, 0.6) is 5.75 Å². The zero-order valence-electron chi connectivity index (χ0n) is 36.6. The number of methoxy groups -OCH3 is 1. The third kappa shape index (κ3) is 6.69. The molecule has 2 unspecified atom stereocenters. The molecule has 10 atom stereocenters. The van der Waals surface area contributed by atoms with E-state index in [1.165, 1.54) is 50.3 Å². The number of rotatable bonds is 9. The number of benzene rings is 1. The van der Waals surface area contributed by atoms with Crippen molar-refractivity contribution in [3.8, 4) is 5.75 Å². The molecule has 0 bridgehead atoms. The van der Waals surface area contributed by atoms with E-state index >= 15 is 8.78 Å². The SMILES string of the molecule is COc1c(N2CCN(C(=O)OC(C)OC(C)=O)C(C)C2)c(F)cc2c(=O)c(C(=O)OCC(=O)[C@]3(O)[C@@H](C)C[C@@H]4[C@H]5CCC6=CC(=O)C=C[C@@]6(C)[C@]5(F)[C@H](O)C[C@]43C)cn(C3CC3)c12. The lowest BCUT2D eigenvalue weighted by atomic mass is 9.44. The highest BCUT2D eigenvalue weighted by atomic mass is 19.1. The summed E-state index contributed by atoms with van der Waals surface area (Å²) in [6, 6.07) is 0.383. The van der Waals surface area contributed by atoms with Gasteiger partial charge in [0, 0.05) is 68.5 Å². The van der Waals surface area contributed by atoms with Crippen molar-refractivity contribution >= 4 is 46.2 Å². The highest BCUT2D eigenvalue weighted by molar-refractivity contribution is 6.01. The first kappa shape index (κ1) is 44.4. The Morgan fingerprint density at radius 2 is 1.76 bits per heavy atom. The summed E-state index contributed by atoms with van der Waals surface area (Å²) in [7, 11) is 1.34. The van der Waals surface area contributed by atoms with Crippen LogP contribution in [0.2, 0.25) is 0 Å². The fourth-order valence-corrected chi connectivity index (χ4v) is 12.1. The molecule has 2 aromatic rings. The Morgan fingerprint density at radius 3 is 2.41 bits per heavy atom. The van der Waals surface area contributed by atoms with Gasteiger partial charge in [-0.15, -0.1) is 0 Å². The molecule has 6 aliphatic rings. The fraction of sp³-hybridized carbons (Fsp3) is 0.609. The molecule has 5 fully saturated rings. The lowest BCUT2D eigenvalue weighted by molar-refractivity contribution is -0.219. The first-order valence-electron chi connectivity index (χ1n) is 21.7. The van der Waals surface area contributed by atoms with Crippen molar-refractivity contribution in [2.24, 2.45) is 28.6 Å². The van der Waals surface area contributed by atoms with E-state index in [9.17, 15) is 39.0 Å². The molecular formula is C46H55F2N3O12. The van der Waals surface area contributed by atoms with Crippen LogP contribution in [0.3, 0.4) is 0 Å². The number of carbonyl (C=O) groups is 5. The maximum atomic E-state index is 17.7. The van der Waals surface area contributed by atoms with Crippen LogP contribution < -0.4 is 15.1 Å². The molecule has 4 saturated carbocycles. The number of aliphatic hydroxyl groups is 2. The van der Waals surface area contributed by atoms with Crippen LogP contribution in [0.1, 0.15) is 96.5 Å². The van der Waals surface area contributed by atoms with Gasteiger partial charge in [0.25, 0.3) is 0 Å². The molecule has 0 spiro atoms. The molecule has 2 N–H and O–H groups in total. The van der Waals surface area contributed by atoms with Gasteiger partial charge in [0.1, 0.15) is 16.9 Å². The summed E-state index contributed by atoms with van der Waals surface area (Å²) >= 11 is 0. The Balaban J connectivity index is 1.03. The van der Waals surface area contributed by atoms with Crippen molar-refractivity contribution in [2.45, 2.75) is 116 Å². The number of hydrogen-bond acceptors (Lipinski definition) is 13. The molecule has 8 rings (SSSR count). The van der Waals surface area contributed by atoms with Crippen LogP contribution in [0.4, 0.5) is 19.3 Å². The number of piperazine rings is 1. The lowest BCUT2D eigenvalue weighted by Gasteiger charge is -2.62. The summed E-state index contributed by atoms with van der Waals surface area (Å²) < 4.78 is 57.2.